The highest BCUT2D eigenvalue weighted by atomic mass is 32.2. The predicted molar refractivity (Wildman–Crippen MR) is 118 cm³/mol. The van der Waals surface area contributed by atoms with Crippen molar-refractivity contribution in [1.82, 2.24) is 4.31 Å². The minimum Gasteiger partial charge on any atom is -0.212 e. The fourth-order valence-corrected chi connectivity index (χ4v) is 6.11. The fourth-order valence-electron chi connectivity index (χ4n) is 3.24. The average Bonchev–Trinajstić information content (AvgIpc) is 3.15. The summed E-state index contributed by atoms with van der Waals surface area (Å²) in [6, 6.07) is 9.28. The third-order valence-electron chi connectivity index (χ3n) is 4.62. The molecule has 0 bridgehead atoms. The summed E-state index contributed by atoms with van der Waals surface area (Å²) in [4.78, 5) is 0.956. The number of thioether (sulfide) groups is 1. The van der Waals surface area contributed by atoms with Gasteiger partial charge in [-0.2, -0.15) is 4.31 Å². The zero-order valence-electron chi connectivity index (χ0n) is 15.8. The summed E-state index contributed by atoms with van der Waals surface area (Å²) in [6.07, 6.45) is 9.29. The van der Waals surface area contributed by atoms with Gasteiger partial charge in [-0.25, -0.2) is 8.42 Å². The number of benzene rings is 1. The molecule has 1 heterocycles. The van der Waals surface area contributed by atoms with Gasteiger partial charge in [0.1, 0.15) is 0 Å². The van der Waals surface area contributed by atoms with E-state index < -0.39 is 10.0 Å². The van der Waals surface area contributed by atoms with Crippen molar-refractivity contribution in [3.05, 3.63) is 84.3 Å². The van der Waals surface area contributed by atoms with Crippen LogP contribution in [-0.2, 0) is 15.8 Å². The van der Waals surface area contributed by atoms with Gasteiger partial charge in [0.25, 0.3) is 0 Å². The van der Waals surface area contributed by atoms with E-state index in [-0.39, 0.29) is 11.8 Å². The molecule has 1 atom stereocenters. The zero-order chi connectivity index (χ0) is 19.7. The highest BCUT2D eigenvalue weighted by molar-refractivity contribution is 8.03. The van der Waals surface area contributed by atoms with Crippen LogP contribution in [-0.4, -0.2) is 31.1 Å². The molecule has 1 fully saturated rings. The fraction of sp³-hybridized carbons (Fsp3) is 0.364. The topological polar surface area (TPSA) is 37.4 Å². The third-order valence-corrected chi connectivity index (χ3v) is 7.60. The van der Waals surface area contributed by atoms with Crippen LogP contribution in [0.1, 0.15) is 31.2 Å². The predicted octanol–water partition coefficient (Wildman–Crippen LogP) is 5.31. The minimum atomic E-state index is -3.34. The molecule has 0 aromatic heterocycles. The number of hydrogen-bond acceptors (Lipinski definition) is 3. The second-order valence-corrected chi connectivity index (χ2v) is 9.75. The molecule has 2 rings (SSSR count). The SMILES string of the molecule is C=C/C=C(\C=C)CCCSC(=C)C1CCCN1S(=O)(=O)Cc1ccccc1. The van der Waals surface area contributed by atoms with Crippen LogP contribution in [0.25, 0.3) is 0 Å². The Balaban J connectivity index is 1.90. The van der Waals surface area contributed by atoms with Crippen molar-refractivity contribution >= 4 is 21.8 Å². The Morgan fingerprint density at radius 1 is 1.26 bits per heavy atom. The molecule has 1 aromatic carbocycles. The van der Waals surface area contributed by atoms with Crippen LogP contribution in [0.2, 0.25) is 0 Å². The number of nitrogens with zero attached hydrogens (tertiary/aromatic N) is 1. The van der Waals surface area contributed by atoms with Crippen molar-refractivity contribution in [3.8, 4) is 0 Å². The molecular formula is C22H29NO2S2. The Labute approximate surface area is 168 Å². The summed E-state index contributed by atoms with van der Waals surface area (Å²) in [5.41, 5.74) is 2.00. The third kappa shape index (κ3) is 6.52. The quantitative estimate of drug-likeness (QED) is 0.371. The molecule has 1 aromatic rings. The van der Waals surface area contributed by atoms with E-state index in [1.165, 1.54) is 5.57 Å². The molecule has 0 saturated carbocycles. The molecule has 1 aliphatic rings. The first-order valence-corrected chi connectivity index (χ1v) is 11.9. The summed E-state index contributed by atoms with van der Waals surface area (Å²) in [7, 11) is -3.34. The van der Waals surface area contributed by atoms with Gasteiger partial charge in [0.15, 0.2) is 0 Å². The Bertz CT molecular complexity index is 782. The van der Waals surface area contributed by atoms with E-state index >= 15 is 0 Å². The van der Waals surface area contributed by atoms with Gasteiger partial charge < -0.3 is 0 Å². The van der Waals surface area contributed by atoms with Gasteiger partial charge in [-0.15, -0.1) is 11.8 Å². The van der Waals surface area contributed by atoms with Gasteiger partial charge in [0.2, 0.25) is 10.0 Å². The second kappa shape index (κ2) is 10.7. The number of sulfonamides is 1. The van der Waals surface area contributed by atoms with E-state index in [0.717, 1.165) is 41.9 Å². The Morgan fingerprint density at radius 2 is 2.00 bits per heavy atom. The average molecular weight is 404 g/mol. The standard InChI is InChI=1S/C22H29NO2S2/c1-4-11-20(5-2)14-10-17-26-19(3)22-15-9-16-23(22)27(24,25)18-21-12-7-6-8-13-21/h4-8,11-13,22H,1-3,9-10,14-18H2/b20-11+. The lowest BCUT2D eigenvalue weighted by Crippen LogP contribution is -2.36. The maximum Gasteiger partial charge on any atom is 0.218 e. The largest absolute Gasteiger partial charge is 0.218 e. The van der Waals surface area contributed by atoms with Crippen LogP contribution in [0.15, 0.2) is 78.8 Å². The second-order valence-electron chi connectivity index (χ2n) is 6.61. The van der Waals surface area contributed by atoms with Gasteiger partial charge in [-0.3, -0.25) is 0 Å². The van der Waals surface area contributed by atoms with Crippen molar-refractivity contribution in [3.63, 3.8) is 0 Å². The van der Waals surface area contributed by atoms with Crippen LogP contribution in [0, 0.1) is 0 Å². The van der Waals surface area contributed by atoms with Crippen molar-refractivity contribution in [2.45, 2.75) is 37.5 Å². The summed E-state index contributed by atoms with van der Waals surface area (Å²) in [5, 5.41) is 0. The Kier molecular flexibility index (Phi) is 8.61. The lowest BCUT2D eigenvalue weighted by Gasteiger charge is -2.25. The van der Waals surface area contributed by atoms with Crippen LogP contribution in [0.5, 0.6) is 0 Å². The molecule has 5 heteroatoms. The Morgan fingerprint density at radius 3 is 2.67 bits per heavy atom. The van der Waals surface area contributed by atoms with E-state index in [9.17, 15) is 8.42 Å². The highest BCUT2D eigenvalue weighted by Crippen LogP contribution is 2.33. The van der Waals surface area contributed by atoms with Gasteiger partial charge in [0, 0.05) is 6.54 Å². The van der Waals surface area contributed by atoms with Crippen LogP contribution in [0.3, 0.4) is 0 Å². The molecule has 0 aliphatic carbocycles. The molecule has 0 N–H and O–H groups in total. The molecule has 3 nitrogen and oxygen atoms in total. The minimum absolute atomic E-state index is 0.0529. The van der Waals surface area contributed by atoms with Crippen molar-refractivity contribution in [2.75, 3.05) is 12.3 Å². The molecule has 1 aliphatic heterocycles. The van der Waals surface area contributed by atoms with E-state index in [0.29, 0.717) is 6.54 Å². The summed E-state index contributed by atoms with van der Waals surface area (Å²) >= 11 is 1.68. The molecule has 1 saturated heterocycles. The van der Waals surface area contributed by atoms with Crippen molar-refractivity contribution in [2.24, 2.45) is 0 Å². The maximum atomic E-state index is 12.9. The van der Waals surface area contributed by atoms with E-state index in [4.69, 9.17) is 0 Å². The van der Waals surface area contributed by atoms with Gasteiger partial charge in [-0.1, -0.05) is 68.3 Å². The number of rotatable bonds is 11. The molecule has 27 heavy (non-hydrogen) atoms. The monoisotopic (exact) mass is 403 g/mol. The number of hydrogen-bond donors (Lipinski definition) is 0. The van der Waals surface area contributed by atoms with E-state index in [1.807, 2.05) is 42.5 Å². The molecule has 0 spiro atoms. The molecule has 1 unspecified atom stereocenters. The molecular weight excluding hydrogens is 374 g/mol. The first-order chi connectivity index (χ1) is 13.0. The first kappa shape index (κ1) is 21.7. The lowest BCUT2D eigenvalue weighted by atomic mass is 10.1. The van der Waals surface area contributed by atoms with Gasteiger partial charge in [-0.05, 0) is 47.5 Å². The van der Waals surface area contributed by atoms with Crippen molar-refractivity contribution < 1.29 is 8.42 Å². The van der Waals surface area contributed by atoms with Crippen LogP contribution < -0.4 is 0 Å². The highest BCUT2D eigenvalue weighted by Gasteiger charge is 2.35. The van der Waals surface area contributed by atoms with Gasteiger partial charge >= 0.3 is 0 Å². The zero-order valence-corrected chi connectivity index (χ0v) is 17.5. The first-order valence-electron chi connectivity index (χ1n) is 9.27. The van der Waals surface area contributed by atoms with E-state index in [1.54, 1.807) is 22.1 Å². The maximum absolute atomic E-state index is 12.9. The molecule has 0 radical (unpaired) electrons. The van der Waals surface area contributed by atoms with Gasteiger partial charge in [0.05, 0.1) is 11.8 Å². The number of allylic oxidation sites excluding steroid dienone is 4. The molecule has 0 amide bonds. The van der Waals surface area contributed by atoms with Crippen molar-refractivity contribution in [1.29, 1.82) is 0 Å². The summed E-state index contributed by atoms with van der Waals surface area (Å²) in [6.45, 7) is 12.3. The normalized spacial score (nSPS) is 18.4. The Hall–Kier alpha value is -1.56. The lowest BCUT2D eigenvalue weighted by molar-refractivity contribution is 0.429. The van der Waals surface area contributed by atoms with Crippen LogP contribution >= 0.6 is 11.8 Å². The smallest absolute Gasteiger partial charge is 0.212 e. The summed E-state index contributed by atoms with van der Waals surface area (Å²) < 4.78 is 27.4. The van der Waals surface area contributed by atoms with E-state index in [2.05, 4.69) is 19.7 Å². The molecule has 146 valence electrons. The summed E-state index contributed by atoms with van der Waals surface area (Å²) in [5.74, 6) is 0.974. The van der Waals surface area contributed by atoms with Crippen LogP contribution in [0.4, 0.5) is 0 Å².